The predicted molar refractivity (Wildman–Crippen MR) is 229 cm³/mol. The number of aromatic nitrogens is 4. The molecular formula is C41H23N7O6S4. The Kier molecular flexibility index (Phi) is 7.17. The Morgan fingerprint density at radius 3 is 2.02 bits per heavy atom. The maximum Gasteiger partial charge on any atom is 0.269 e. The molecule has 0 aliphatic carbocycles. The van der Waals surface area contributed by atoms with Gasteiger partial charge in [-0.15, -0.1) is 22.7 Å². The summed E-state index contributed by atoms with van der Waals surface area (Å²) in [5.41, 5.74) is 11.5. The summed E-state index contributed by atoms with van der Waals surface area (Å²) in [6, 6.07) is 24.9. The Bertz CT molecular complexity index is 3410. The summed E-state index contributed by atoms with van der Waals surface area (Å²) in [6.45, 7) is 2.12. The topological polar surface area (TPSA) is 173 Å². The van der Waals surface area contributed by atoms with Crippen LogP contribution in [-0.2, 0) is 0 Å². The normalized spacial score (nSPS) is 14.5. The molecule has 2 amide bonds. The number of para-hydroxylation sites is 1. The minimum Gasteiger partial charge on any atom is -0.454 e. The standard InChI is InChI=1S/C41H23N7O6S4/c1-16-20-8-18-11-26-27(52-15-51-26)13-23(18)43-37(20)57-33(16)35(49)47-41-46-25-10-17(6-7-31(25)56-41)39-53-28-12-19-9-21-32(42)34(58-38(21)44-24(19)14-29(28)54-39)36(50)48-40-45-22-4-2-3-5-30(22)55-40/h2-14,39H,15,42H2,1H3,(H,45,48,50)(H,46,47,49). The molecule has 8 heterocycles. The number of hydrogen-bond acceptors (Lipinski definition) is 15. The Hall–Kier alpha value is -6.66. The molecule has 0 saturated heterocycles. The molecular weight excluding hydrogens is 815 g/mol. The first-order valence-electron chi connectivity index (χ1n) is 17.8. The van der Waals surface area contributed by atoms with Gasteiger partial charge in [-0.2, -0.15) is 0 Å². The van der Waals surface area contributed by atoms with Crippen LogP contribution in [0.4, 0.5) is 16.0 Å². The van der Waals surface area contributed by atoms with Crippen molar-refractivity contribution in [1.82, 2.24) is 19.9 Å². The van der Waals surface area contributed by atoms with Crippen molar-refractivity contribution in [2.24, 2.45) is 0 Å². The molecule has 58 heavy (non-hydrogen) atoms. The number of carbonyl (C=O) groups is 2. The molecule has 0 saturated carbocycles. The van der Waals surface area contributed by atoms with Gasteiger partial charge in [0, 0.05) is 39.2 Å². The van der Waals surface area contributed by atoms with Gasteiger partial charge in [-0.05, 0) is 61.0 Å². The number of amides is 2. The van der Waals surface area contributed by atoms with Crippen molar-refractivity contribution < 1.29 is 28.5 Å². The lowest BCUT2D eigenvalue weighted by Gasteiger charge is -2.10. The van der Waals surface area contributed by atoms with Crippen molar-refractivity contribution >= 4 is 136 Å². The number of anilines is 3. The van der Waals surface area contributed by atoms with Crippen molar-refractivity contribution in [3.8, 4) is 23.0 Å². The highest BCUT2D eigenvalue weighted by Gasteiger charge is 2.29. The van der Waals surface area contributed by atoms with E-state index in [2.05, 4.69) is 15.6 Å². The Labute approximate surface area is 341 Å². The van der Waals surface area contributed by atoms with Gasteiger partial charge in [0.25, 0.3) is 18.1 Å². The summed E-state index contributed by atoms with van der Waals surface area (Å²) >= 11 is 5.36. The number of fused-ring (bicyclic) bond motifs is 8. The minimum atomic E-state index is -0.719. The lowest BCUT2D eigenvalue weighted by molar-refractivity contribution is 0.0489. The number of ether oxygens (including phenoxy) is 4. The Balaban J connectivity index is 0.774. The number of nitrogen functional groups attached to an aromatic ring is 1. The SMILES string of the molecule is Cc1c(C(=O)Nc2nc3cc(C4Oc5cc6cc7c(N)c(C(=O)Nc8nc9ccccc9s8)sc7nc6cc5O4)ccc3s2)sc2nc3cc4c(cc3cc12)OCO4. The molecule has 6 aromatic heterocycles. The van der Waals surface area contributed by atoms with Crippen molar-refractivity contribution in [2.75, 3.05) is 23.2 Å². The fourth-order valence-corrected chi connectivity index (χ4v) is 11.0. The zero-order chi connectivity index (χ0) is 38.8. The maximum atomic E-state index is 13.6. The molecule has 2 aliphatic rings. The van der Waals surface area contributed by atoms with Crippen LogP contribution in [0.1, 0.15) is 36.8 Å². The zero-order valence-electron chi connectivity index (χ0n) is 29.7. The molecule has 0 bridgehead atoms. The van der Waals surface area contributed by atoms with Crippen LogP contribution >= 0.6 is 45.3 Å². The molecule has 2 aliphatic heterocycles. The molecule has 1 unspecified atom stereocenters. The number of carbonyl (C=O) groups excluding carboxylic acids is 2. The average molecular weight is 838 g/mol. The number of nitrogens with one attached hydrogen (secondary N) is 2. The van der Waals surface area contributed by atoms with Crippen LogP contribution < -0.4 is 35.3 Å². The first kappa shape index (κ1) is 33.5. The van der Waals surface area contributed by atoms with Gasteiger partial charge >= 0.3 is 0 Å². The number of nitrogens with zero attached hydrogens (tertiary/aromatic N) is 4. The van der Waals surface area contributed by atoms with E-state index in [9.17, 15) is 9.59 Å². The summed E-state index contributed by atoms with van der Waals surface area (Å²) in [4.78, 5) is 48.1. The molecule has 10 aromatic rings. The molecule has 282 valence electrons. The fourth-order valence-electron chi connectivity index (χ4n) is 7.24. The number of nitrogens with two attached hydrogens (primary N) is 1. The molecule has 0 fully saturated rings. The number of rotatable bonds is 5. The van der Waals surface area contributed by atoms with Crippen molar-refractivity contribution in [1.29, 1.82) is 0 Å². The van der Waals surface area contributed by atoms with Gasteiger partial charge in [0.1, 0.15) is 14.5 Å². The number of benzene rings is 4. The molecule has 4 N–H and O–H groups in total. The van der Waals surface area contributed by atoms with E-state index < -0.39 is 6.29 Å². The van der Waals surface area contributed by atoms with E-state index in [1.807, 2.05) is 85.8 Å². The van der Waals surface area contributed by atoms with Gasteiger partial charge < -0.3 is 24.7 Å². The monoisotopic (exact) mass is 837 g/mol. The van der Waals surface area contributed by atoms with Crippen LogP contribution in [0.3, 0.4) is 0 Å². The molecule has 17 heteroatoms. The molecule has 12 rings (SSSR count). The van der Waals surface area contributed by atoms with Crippen molar-refractivity contribution in [3.63, 3.8) is 0 Å². The van der Waals surface area contributed by atoms with Crippen LogP contribution in [-0.4, -0.2) is 38.5 Å². The molecule has 0 spiro atoms. The van der Waals surface area contributed by atoms with Gasteiger partial charge in [-0.3, -0.25) is 20.2 Å². The van der Waals surface area contributed by atoms with E-state index in [-0.39, 0.29) is 18.6 Å². The summed E-state index contributed by atoms with van der Waals surface area (Å²) < 4.78 is 25.5. The van der Waals surface area contributed by atoms with Gasteiger partial charge in [-0.25, -0.2) is 19.9 Å². The van der Waals surface area contributed by atoms with Gasteiger partial charge in [0.2, 0.25) is 6.79 Å². The highest BCUT2D eigenvalue weighted by atomic mass is 32.1. The minimum absolute atomic E-state index is 0.193. The first-order valence-corrected chi connectivity index (χ1v) is 21.1. The second-order valence-corrected chi connectivity index (χ2v) is 17.7. The van der Waals surface area contributed by atoms with E-state index in [4.69, 9.17) is 39.6 Å². The molecule has 0 radical (unpaired) electrons. The molecule has 13 nitrogen and oxygen atoms in total. The van der Waals surface area contributed by atoms with Gasteiger partial charge in [-0.1, -0.05) is 40.9 Å². The second kappa shape index (κ2) is 12.4. The van der Waals surface area contributed by atoms with E-state index in [0.717, 1.165) is 52.5 Å². The highest BCUT2D eigenvalue weighted by Crippen LogP contribution is 2.45. The van der Waals surface area contributed by atoms with E-state index in [1.54, 1.807) is 0 Å². The number of pyridine rings is 2. The second-order valence-electron chi connectivity index (χ2n) is 13.7. The summed E-state index contributed by atoms with van der Waals surface area (Å²) in [5, 5.41) is 10.2. The number of hydrogen-bond donors (Lipinski definition) is 3. The fraction of sp³-hybridized carbons (Fsp3) is 0.0732. The Morgan fingerprint density at radius 2 is 1.24 bits per heavy atom. The Morgan fingerprint density at radius 1 is 0.638 bits per heavy atom. The van der Waals surface area contributed by atoms with Crippen LogP contribution in [0.15, 0.2) is 78.9 Å². The zero-order valence-corrected chi connectivity index (χ0v) is 33.0. The molecule has 4 aromatic carbocycles. The predicted octanol–water partition coefficient (Wildman–Crippen LogP) is 10.0. The van der Waals surface area contributed by atoms with Crippen LogP contribution in [0, 0.1) is 6.92 Å². The quantitative estimate of drug-likeness (QED) is 0.151. The third-order valence-corrected chi connectivity index (χ3v) is 14.3. The van der Waals surface area contributed by atoms with Crippen LogP contribution in [0.25, 0.3) is 62.7 Å². The number of thiophene rings is 2. The first-order chi connectivity index (χ1) is 28.3. The van der Waals surface area contributed by atoms with Crippen molar-refractivity contribution in [3.05, 3.63) is 99.7 Å². The third-order valence-electron chi connectivity index (χ3n) is 10.1. The third kappa shape index (κ3) is 5.31. The summed E-state index contributed by atoms with van der Waals surface area (Å²) in [7, 11) is 0. The van der Waals surface area contributed by atoms with Crippen LogP contribution in [0.2, 0.25) is 0 Å². The van der Waals surface area contributed by atoms with E-state index in [1.165, 1.54) is 45.3 Å². The highest BCUT2D eigenvalue weighted by molar-refractivity contribution is 7.23. The van der Waals surface area contributed by atoms with E-state index in [0.29, 0.717) is 70.0 Å². The van der Waals surface area contributed by atoms with Gasteiger partial charge in [0.05, 0.1) is 42.0 Å². The molecule has 1 atom stereocenters. The lowest BCUT2D eigenvalue weighted by Crippen LogP contribution is -2.11. The van der Waals surface area contributed by atoms with Crippen LogP contribution in [0.5, 0.6) is 23.0 Å². The van der Waals surface area contributed by atoms with E-state index >= 15 is 0 Å². The average Bonchev–Trinajstić information content (AvgIpc) is 4.08. The largest absolute Gasteiger partial charge is 0.454 e. The number of thiazole rings is 2. The lowest BCUT2D eigenvalue weighted by atomic mass is 10.1. The van der Waals surface area contributed by atoms with Gasteiger partial charge in [0.15, 0.2) is 33.3 Å². The number of aryl methyl sites for hydroxylation is 1. The smallest absolute Gasteiger partial charge is 0.269 e. The summed E-state index contributed by atoms with van der Waals surface area (Å²) in [6.07, 6.45) is -0.719. The van der Waals surface area contributed by atoms with Crippen molar-refractivity contribution in [2.45, 2.75) is 13.2 Å². The summed E-state index contributed by atoms with van der Waals surface area (Å²) in [5.74, 6) is 1.87. The maximum absolute atomic E-state index is 13.6.